The number of amides is 1. The summed E-state index contributed by atoms with van der Waals surface area (Å²) in [5.41, 5.74) is 0. The van der Waals surface area contributed by atoms with Crippen LogP contribution < -0.4 is 0 Å². The number of hydrogen-bond donors (Lipinski definition) is 2. The van der Waals surface area contributed by atoms with Crippen molar-refractivity contribution in [1.29, 1.82) is 0 Å². The summed E-state index contributed by atoms with van der Waals surface area (Å²) in [4.78, 5) is 25.1. The molecule has 0 saturated carbocycles. The van der Waals surface area contributed by atoms with E-state index in [0.717, 1.165) is 0 Å². The number of aliphatic hydroxyl groups is 1. The van der Waals surface area contributed by atoms with E-state index in [4.69, 9.17) is 10.2 Å². The molecule has 0 aromatic rings. The first-order valence-corrected chi connectivity index (χ1v) is 6.28. The van der Waals surface area contributed by atoms with Crippen LogP contribution in [0.25, 0.3) is 0 Å². The Balaban J connectivity index is 2.85. The van der Waals surface area contributed by atoms with E-state index in [1.165, 1.54) is 0 Å². The normalized spacial score (nSPS) is 23.1. The molecule has 0 spiro atoms. The largest absolute Gasteiger partial charge is 0.481 e. The van der Waals surface area contributed by atoms with Crippen LogP contribution >= 0.6 is 0 Å². The van der Waals surface area contributed by atoms with Gasteiger partial charge in [-0.1, -0.05) is 12.2 Å². The molecular weight excluding hydrogens is 234 g/mol. The number of hydrogen-bond acceptors (Lipinski definition) is 3. The van der Waals surface area contributed by atoms with Crippen LogP contribution in [-0.4, -0.2) is 46.2 Å². The molecule has 1 aliphatic rings. The Labute approximate surface area is 107 Å². The van der Waals surface area contributed by atoms with Crippen LogP contribution in [-0.2, 0) is 9.59 Å². The average molecular weight is 255 g/mol. The van der Waals surface area contributed by atoms with Gasteiger partial charge in [-0.25, -0.2) is 0 Å². The molecule has 0 aromatic heterocycles. The predicted octanol–water partition coefficient (Wildman–Crippen LogP) is 0.883. The highest BCUT2D eigenvalue weighted by Crippen LogP contribution is 2.28. The van der Waals surface area contributed by atoms with E-state index in [1.807, 2.05) is 26.0 Å². The van der Waals surface area contributed by atoms with Gasteiger partial charge in [-0.15, -0.1) is 0 Å². The van der Waals surface area contributed by atoms with Gasteiger partial charge >= 0.3 is 5.97 Å². The van der Waals surface area contributed by atoms with Crippen molar-refractivity contribution in [2.75, 3.05) is 13.2 Å². The molecule has 5 nitrogen and oxygen atoms in total. The highest BCUT2D eigenvalue weighted by atomic mass is 16.4. The lowest BCUT2D eigenvalue weighted by Gasteiger charge is -2.33. The first-order chi connectivity index (χ1) is 8.49. The predicted molar refractivity (Wildman–Crippen MR) is 66.9 cm³/mol. The Bertz CT molecular complexity index is 338. The van der Waals surface area contributed by atoms with Crippen molar-refractivity contribution >= 4 is 11.9 Å². The van der Waals surface area contributed by atoms with Gasteiger partial charge in [0.15, 0.2) is 0 Å². The second kappa shape index (κ2) is 6.54. The van der Waals surface area contributed by atoms with Crippen LogP contribution in [0.3, 0.4) is 0 Å². The van der Waals surface area contributed by atoms with Gasteiger partial charge in [0.05, 0.1) is 18.4 Å². The molecule has 18 heavy (non-hydrogen) atoms. The molecule has 0 aromatic carbocycles. The topological polar surface area (TPSA) is 77.8 Å². The third-order valence-corrected chi connectivity index (χ3v) is 3.31. The van der Waals surface area contributed by atoms with Gasteiger partial charge in [0.25, 0.3) is 0 Å². The van der Waals surface area contributed by atoms with Crippen LogP contribution in [0.15, 0.2) is 12.2 Å². The maximum Gasteiger partial charge on any atom is 0.307 e. The summed E-state index contributed by atoms with van der Waals surface area (Å²) in [7, 11) is 0. The molecular formula is C13H21NO4. The van der Waals surface area contributed by atoms with Crippen LogP contribution in [0, 0.1) is 11.8 Å². The molecule has 0 aliphatic heterocycles. The van der Waals surface area contributed by atoms with Crippen LogP contribution in [0.5, 0.6) is 0 Å². The van der Waals surface area contributed by atoms with E-state index < -0.39 is 17.8 Å². The van der Waals surface area contributed by atoms with Crippen LogP contribution in [0.2, 0.25) is 0 Å². The lowest BCUT2D eigenvalue weighted by Crippen LogP contribution is -2.46. The molecule has 0 heterocycles. The minimum Gasteiger partial charge on any atom is -0.481 e. The van der Waals surface area contributed by atoms with Gasteiger partial charge in [0.2, 0.25) is 5.91 Å². The first kappa shape index (κ1) is 14.7. The van der Waals surface area contributed by atoms with Gasteiger partial charge in [-0.2, -0.15) is 0 Å². The summed E-state index contributed by atoms with van der Waals surface area (Å²) in [5, 5.41) is 18.1. The Morgan fingerprint density at radius 2 is 1.83 bits per heavy atom. The molecule has 5 heteroatoms. The van der Waals surface area contributed by atoms with Crippen molar-refractivity contribution in [3.05, 3.63) is 12.2 Å². The Kier molecular flexibility index (Phi) is 5.34. The second-order valence-electron chi connectivity index (χ2n) is 4.84. The maximum atomic E-state index is 12.4. The summed E-state index contributed by atoms with van der Waals surface area (Å²) in [6, 6.07) is -0.0370. The van der Waals surface area contributed by atoms with E-state index in [-0.39, 0.29) is 25.1 Å². The monoisotopic (exact) mass is 255 g/mol. The van der Waals surface area contributed by atoms with E-state index in [0.29, 0.717) is 12.8 Å². The summed E-state index contributed by atoms with van der Waals surface area (Å²) in [6.07, 6.45) is 4.54. The van der Waals surface area contributed by atoms with Gasteiger partial charge in [-0.05, 0) is 26.7 Å². The van der Waals surface area contributed by atoms with E-state index in [1.54, 1.807) is 4.90 Å². The fraction of sp³-hybridized carbons (Fsp3) is 0.692. The highest BCUT2D eigenvalue weighted by Gasteiger charge is 2.36. The zero-order valence-electron chi connectivity index (χ0n) is 10.9. The molecule has 2 atom stereocenters. The van der Waals surface area contributed by atoms with Crippen molar-refractivity contribution in [2.24, 2.45) is 11.8 Å². The Morgan fingerprint density at radius 1 is 1.28 bits per heavy atom. The minimum absolute atomic E-state index is 0.0370. The number of nitrogens with zero attached hydrogens (tertiary/aromatic N) is 1. The van der Waals surface area contributed by atoms with Crippen molar-refractivity contribution in [1.82, 2.24) is 4.90 Å². The summed E-state index contributed by atoms with van der Waals surface area (Å²) in [5.74, 6) is -2.26. The molecule has 0 fully saturated rings. The minimum atomic E-state index is -0.926. The average Bonchev–Trinajstić information content (AvgIpc) is 2.34. The number of carbonyl (C=O) groups is 2. The third kappa shape index (κ3) is 3.32. The molecule has 1 rings (SSSR count). The van der Waals surface area contributed by atoms with Crippen LogP contribution in [0.4, 0.5) is 0 Å². The number of rotatable bonds is 5. The van der Waals surface area contributed by atoms with E-state index in [2.05, 4.69) is 0 Å². The SMILES string of the molecule is CC(C)N(CCO)C(=O)[C@@H]1CC=CC[C@@H]1C(=O)O. The summed E-state index contributed by atoms with van der Waals surface area (Å²) >= 11 is 0. The van der Waals surface area contributed by atoms with Crippen molar-refractivity contribution < 1.29 is 19.8 Å². The van der Waals surface area contributed by atoms with Crippen molar-refractivity contribution in [3.63, 3.8) is 0 Å². The Morgan fingerprint density at radius 3 is 2.28 bits per heavy atom. The van der Waals surface area contributed by atoms with Gasteiger partial charge in [0, 0.05) is 12.6 Å². The number of carboxylic acid groups (broad SMARTS) is 1. The highest BCUT2D eigenvalue weighted by molar-refractivity contribution is 5.85. The first-order valence-electron chi connectivity index (χ1n) is 6.28. The maximum absolute atomic E-state index is 12.4. The zero-order valence-corrected chi connectivity index (χ0v) is 10.9. The second-order valence-corrected chi connectivity index (χ2v) is 4.84. The van der Waals surface area contributed by atoms with Crippen molar-refractivity contribution in [2.45, 2.75) is 32.7 Å². The molecule has 0 saturated heterocycles. The Hall–Kier alpha value is -1.36. The zero-order chi connectivity index (χ0) is 13.7. The fourth-order valence-corrected chi connectivity index (χ4v) is 2.30. The van der Waals surface area contributed by atoms with Crippen LogP contribution in [0.1, 0.15) is 26.7 Å². The number of carboxylic acids is 1. The molecule has 0 radical (unpaired) electrons. The molecule has 2 N–H and O–H groups in total. The number of aliphatic carboxylic acids is 1. The van der Waals surface area contributed by atoms with Gasteiger partial charge < -0.3 is 15.1 Å². The lowest BCUT2D eigenvalue weighted by molar-refractivity contribution is -0.151. The standard InChI is InChI=1S/C13H21NO4/c1-9(2)14(7-8-15)12(16)10-5-3-4-6-11(10)13(17)18/h3-4,9-11,15H,5-8H2,1-2H3,(H,17,18)/t10-,11+/m1/s1. The molecule has 0 unspecified atom stereocenters. The van der Waals surface area contributed by atoms with Gasteiger partial charge in [0.1, 0.15) is 0 Å². The number of allylic oxidation sites excluding steroid dienone is 2. The lowest BCUT2D eigenvalue weighted by atomic mass is 9.82. The third-order valence-electron chi connectivity index (χ3n) is 3.31. The molecule has 1 amide bonds. The molecule has 102 valence electrons. The molecule has 1 aliphatic carbocycles. The van der Waals surface area contributed by atoms with Crippen molar-refractivity contribution in [3.8, 4) is 0 Å². The number of aliphatic hydroxyl groups excluding tert-OH is 1. The van der Waals surface area contributed by atoms with Gasteiger partial charge in [-0.3, -0.25) is 9.59 Å². The quantitative estimate of drug-likeness (QED) is 0.715. The summed E-state index contributed by atoms with van der Waals surface area (Å²) < 4.78 is 0. The summed E-state index contributed by atoms with van der Waals surface area (Å²) in [6.45, 7) is 3.87. The molecule has 0 bridgehead atoms. The number of carbonyl (C=O) groups excluding carboxylic acids is 1. The smallest absolute Gasteiger partial charge is 0.307 e. The van der Waals surface area contributed by atoms with E-state index >= 15 is 0 Å². The fourth-order valence-electron chi connectivity index (χ4n) is 2.30. The van der Waals surface area contributed by atoms with E-state index in [9.17, 15) is 9.59 Å².